The summed E-state index contributed by atoms with van der Waals surface area (Å²) < 4.78 is 37.0. The third-order valence-corrected chi connectivity index (χ3v) is 2.87. The van der Waals surface area contributed by atoms with Gasteiger partial charge in [0.15, 0.2) is 0 Å². The van der Waals surface area contributed by atoms with E-state index in [1.165, 1.54) is 0 Å². The van der Waals surface area contributed by atoms with Crippen LogP contribution >= 0.6 is 15.9 Å². The van der Waals surface area contributed by atoms with Gasteiger partial charge in [-0.1, -0.05) is 22.0 Å². The Labute approximate surface area is 101 Å². The maximum atomic E-state index is 12.0. The van der Waals surface area contributed by atoms with Gasteiger partial charge in [-0.25, -0.2) is 0 Å². The molecule has 1 aromatic rings. The Morgan fingerprint density at radius 2 is 2.00 bits per heavy atom. The predicted octanol–water partition coefficient (Wildman–Crippen LogP) is 4.10. The summed E-state index contributed by atoms with van der Waals surface area (Å²) in [7, 11) is 0. The average Bonchev–Trinajstić information content (AvgIpc) is 2.17. The lowest BCUT2D eigenvalue weighted by molar-refractivity contribution is -0.136. The number of benzene rings is 1. The first-order valence-corrected chi connectivity index (χ1v) is 5.67. The van der Waals surface area contributed by atoms with Crippen molar-refractivity contribution in [3.8, 4) is 0 Å². The number of rotatable bonds is 3. The minimum Gasteiger partial charge on any atom is -0.324 e. The zero-order chi connectivity index (χ0) is 12.3. The van der Waals surface area contributed by atoms with Gasteiger partial charge in [0.2, 0.25) is 0 Å². The number of alkyl halides is 3. The van der Waals surface area contributed by atoms with Crippen LogP contribution in [-0.2, 0) is 0 Å². The van der Waals surface area contributed by atoms with Crippen molar-refractivity contribution in [2.24, 2.45) is 5.73 Å². The highest BCUT2D eigenvalue weighted by Gasteiger charge is 2.28. The number of halogens is 4. The molecule has 0 aliphatic rings. The summed E-state index contributed by atoms with van der Waals surface area (Å²) in [5.74, 6) is 0. The van der Waals surface area contributed by atoms with E-state index in [1.54, 1.807) is 6.07 Å². The van der Waals surface area contributed by atoms with E-state index < -0.39 is 18.6 Å². The van der Waals surface area contributed by atoms with Gasteiger partial charge in [0.1, 0.15) is 0 Å². The lowest BCUT2D eigenvalue weighted by Gasteiger charge is -2.16. The molecule has 2 N–H and O–H groups in total. The fourth-order valence-electron chi connectivity index (χ4n) is 1.49. The van der Waals surface area contributed by atoms with Crippen molar-refractivity contribution in [1.29, 1.82) is 0 Å². The molecule has 0 fully saturated rings. The van der Waals surface area contributed by atoms with Crippen LogP contribution in [0.5, 0.6) is 0 Å². The molecule has 0 spiro atoms. The molecule has 0 heterocycles. The minimum absolute atomic E-state index is 0.0825. The lowest BCUT2D eigenvalue weighted by atomic mass is 9.98. The fraction of sp³-hybridized carbons (Fsp3) is 0.455. The van der Waals surface area contributed by atoms with E-state index in [-0.39, 0.29) is 6.42 Å². The van der Waals surface area contributed by atoms with Gasteiger partial charge in [-0.3, -0.25) is 0 Å². The van der Waals surface area contributed by atoms with Crippen molar-refractivity contribution in [3.63, 3.8) is 0 Å². The zero-order valence-electron chi connectivity index (χ0n) is 8.81. The van der Waals surface area contributed by atoms with Crippen molar-refractivity contribution < 1.29 is 13.2 Å². The molecule has 0 aromatic heterocycles. The van der Waals surface area contributed by atoms with Crippen molar-refractivity contribution in [3.05, 3.63) is 33.8 Å². The maximum absolute atomic E-state index is 12.0. The lowest BCUT2D eigenvalue weighted by Crippen LogP contribution is -2.16. The molecule has 0 aliphatic carbocycles. The number of hydrogen-bond donors (Lipinski definition) is 1. The normalized spacial score (nSPS) is 13.9. The van der Waals surface area contributed by atoms with E-state index in [1.807, 2.05) is 19.1 Å². The van der Waals surface area contributed by atoms with E-state index in [0.717, 1.165) is 15.6 Å². The van der Waals surface area contributed by atoms with Gasteiger partial charge in [-0.15, -0.1) is 0 Å². The van der Waals surface area contributed by atoms with Crippen LogP contribution in [0.3, 0.4) is 0 Å². The van der Waals surface area contributed by atoms with Crippen LogP contribution in [0.15, 0.2) is 22.7 Å². The van der Waals surface area contributed by atoms with Crippen LogP contribution in [0.1, 0.15) is 30.0 Å². The molecule has 0 saturated heterocycles. The second-order valence-corrected chi connectivity index (χ2v) is 4.68. The molecule has 16 heavy (non-hydrogen) atoms. The summed E-state index contributed by atoms with van der Waals surface area (Å²) in [6.45, 7) is 1.84. The molecule has 0 unspecified atom stereocenters. The Bertz CT molecular complexity index is 363. The Morgan fingerprint density at radius 3 is 2.56 bits per heavy atom. The highest BCUT2D eigenvalue weighted by molar-refractivity contribution is 9.10. The Hall–Kier alpha value is -0.550. The molecule has 90 valence electrons. The molecule has 1 nitrogen and oxygen atoms in total. The summed E-state index contributed by atoms with van der Waals surface area (Å²) in [6, 6.07) is 4.89. The maximum Gasteiger partial charge on any atom is 0.389 e. The molecule has 5 heteroatoms. The summed E-state index contributed by atoms with van der Waals surface area (Å²) >= 11 is 3.28. The van der Waals surface area contributed by atoms with E-state index >= 15 is 0 Å². The fourth-order valence-corrected chi connectivity index (χ4v) is 1.86. The van der Waals surface area contributed by atoms with Crippen LogP contribution in [-0.4, -0.2) is 6.18 Å². The average molecular weight is 296 g/mol. The summed E-state index contributed by atoms with van der Waals surface area (Å²) in [4.78, 5) is 0. The second-order valence-electron chi connectivity index (χ2n) is 3.76. The van der Waals surface area contributed by atoms with Crippen LogP contribution in [0.25, 0.3) is 0 Å². The monoisotopic (exact) mass is 295 g/mol. The Morgan fingerprint density at radius 1 is 1.38 bits per heavy atom. The molecule has 0 amide bonds. The molecule has 1 rings (SSSR count). The standard InChI is InChI=1S/C11H13BrF3N/c1-7-2-3-8(12)6-9(7)10(16)4-5-11(13,14)15/h2-3,6,10H,4-5,16H2,1H3/t10-/m1/s1. The van der Waals surface area contributed by atoms with Crippen molar-refractivity contribution in [2.45, 2.75) is 32.0 Å². The SMILES string of the molecule is Cc1ccc(Br)cc1[C@H](N)CCC(F)(F)F. The van der Waals surface area contributed by atoms with Gasteiger partial charge >= 0.3 is 6.18 Å². The van der Waals surface area contributed by atoms with Gasteiger partial charge in [0, 0.05) is 16.9 Å². The Kier molecular flexibility index (Phi) is 4.38. The van der Waals surface area contributed by atoms with E-state index in [4.69, 9.17) is 5.73 Å². The second kappa shape index (κ2) is 5.19. The van der Waals surface area contributed by atoms with Crippen LogP contribution in [0, 0.1) is 6.92 Å². The first-order valence-electron chi connectivity index (χ1n) is 4.88. The molecule has 1 atom stereocenters. The molecular formula is C11H13BrF3N. The van der Waals surface area contributed by atoms with Gasteiger partial charge in [-0.2, -0.15) is 13.2 Å². The number of aryl methyl sites for hydroxylation is 1. The quantitative estimate of drug-likeness (QED) is 0.893. The van der Waals surface area contributed by atoms with Crippen LogP contribution in [0.4, 0.5) is 13.2 Å². The van der Waals surface area contributed by atoms with Crippen molar-refractivity contribution in [2.75, 3.05) is 0 Å². The minimum atomic E-state index is -4.14. The predicted molar refractivity (Wildman–Crippen MR) is 61.1 cm³/mol. The largest absolute Gasteiger partial charge is 0.389 e. The van der Waals surface area contributed by atoms with Crippen molar-refractivity contribution >= 4 is 15.9 Å². The van der Waals surface area contributed by atoms with Gasteiger partial charge in [0.25, 0.3) is 0 Å². The topological polar surface area (TPSA) is 26.0 Å². The highest BCUT2D eigenvalue weighted by atomic mass is 79.9. The summed E-state index contributed by atoms with van der Waals surface area (Å²) in [5.41, 5.74) is 7.43. The molecule has 0 aliphatic heterocycles. The van der Waals surface area contributed by atoms with E-state index in [0.29, 0.717) is 0 Å². The Balaban J connectivity index is 2.73. The smallest absolute Gasteiger partial charge is 0.324 e. The first-order chi connectivity index (χ1) is 7.29. The van der Waals surface area contributed by atoms with E-state index in [9.17, 15) is 13.2 Å². The van der Waals surface area contributed by atoms with Crippen molar-refractivity contribution in [1.82, 2.24) is 0 Å². The number of nitrogens with two attached hydrogens (primary N) is 1. The van der Waals surface area contributed by atoms with Gasteiger partial charge in [0.05, 0.1) is 0 Å². The van der Waals surface area contributed by atoms with Crippen LogP contribution in [0.2, 0.25) is 0 Å². The van der Waals surface area contributed by atoms with E-state index in [2.05, 4.69) is 15.9 Å². The molecular weight excluding hydrogens is 283 g/mol. The molecule has 0 bridgehead atoms. The zero-order valence-corrected chi connectivity index (χ0v) is 10.4. The molecule has 1 aromatic carbocycles. The third kappa shape index (κ3) is 4.14. The molecule has 0 saturated carbocycles. The van der Waals surface area contributed by atoms with Gasteiger partial charge in [-0.05, 0) is 36.6 Å². The van der Waals surface area contributed by atoms with Crippen LogP contribution < -0.4 is 5.73 Å². The molecule has 0 radical (unpaired) electrons. The first kappa shape index (κ1) is 13.5. The van der Waals surface area contributed by atoms with Gasteiger partial charge < -0.3 is 5.73 Å². The summed E-state index contributed by atoms with van der Waals surface area (Å²) in [5, 5.41) is 0. The third-order valence-electron chi connectivity index (χ3n) is 2.38. The highest BCUT2D eigenvalue weighted by Crippen LogP contribution is 2.28. The summed E-state index contributed by atoms with van der Waals surface area (Å²) in [6.07, 6.45) is -5.07. The number of hydrogen-bond acceptors (Lipinski definition) is 1.